The van der Waals surface area contributed by atoms with E-state index in [1.807, 2.05) is 10.7 Å². The van der Waals surface area contributed by atoms with E-state index in [1.165, 1.54) is 6.07 Å². The zero-order valence-electron chi connectivity index (χ0n) is 11.8. The topological polar surface area (TPSA) is 41.9 Å². The zero-order valence-corrected chi connectivity index (χ0v) is 12.6. The van der Waals surface area contributed by atoms with Crippen LogP contribution in [-0.4, -0.2) is 22.9 Å². The predicted molar refractivity (Wildman–Crippen MR) is 82.0 cm³/mol. The summed E-state index contributed by atoms with van der Waals surface area (Å²) in [5.74, 6) is 1.16. The first-order valence-electron chi connectivity index (χ1n) is 7.07. The summed E-state index contributed by atoms with van der Waals surface area (Å²) in [5, 5.41) is 11.3. The van der Waals surface area contributed by atoms with Crippen LogP contribution < -0.4 is 10.6 Å². The molecule has 2 atom stereocenters. The number of benzene rings is 1. The average Bonchev–Trinajstić information content (AvgIpc) is 2.95. The number of nitrogens with zero attached hydrogens (tertiary/aromatic N) is 2. The van der Waals surface area contributed by atoms with Crippen LogP contribution in [0.5, 0.6) is 0 Å². The van der Waals surface area contributed by atoms with Gasteiger partial charge in [0.15, 0.2) is 0 Å². The molecule has 0 spiro atoms. The number of hydrogen-bond donors (Lipinski definition) is 2. The quantitative estimate of drug-likeness (QED) is 0.912. The molecule has 0 saturated carbocycles. The van der Waals surface area contributed by atoms with Gasteiger partial charge in [-0.15, -0.1) is 0 Å². The van der Waals surface area contributed by atoms with E-state index >= 15 is 0 Å². The Morgan fingerprint density at radius 2 is 2.38 bits per heavy atom. The van der Waals surface area contributed by atoms with Crippen LogP contribution in [0.1, 0.15) is 18.5 Å². The van der Waals surface area contributed by atoms with Crippen molar-refractivity contribution < 1.29 is 4.39 Å². The second-order valence-electron chi connectivity index (χ2n) is 5.45. The molecule has 0 radical (unpaired) electrons. The van der Waals surface area contributed by atoms with Crippen LogP contribution in [-0.2, 0) is 6.54 Å². The molecule has 6 heteroatoms. The summed E-state index contributed by atoms with van der Waals surface area (Å²) in [7, 11) is 0. The van der Waals surface area contributed by atoms with Gasteiger partial charge in [-0.3, -0.25) is 0 Å². The SMILES string of the molecule is C[C@@H](NC[C@@H]1CNc2ccnn2C1)c1ccc(F)c(Cl)c1. The molecule has 2 heterocycles. The van der Waals surface area contributed by atoms with E-state index in [0.717, 1.165) is 31.0 Å². The van der Waals surface area contributed by atoms with Gasteiger partial charge in [0.2, 0.25) is 0 Å². The molecule has 2 N–H and O–H groups in total. The monoisotopic (exact) mass is 308 g/mol. The van der Waals surface area contributed by atoms with Gasteiger partial charge in [-0.2, -0.15) is 5.10 Å². The molecule has 1 aliphatic rings. The molecule has 1 aromatic carbocycles. The van der Waals surface area contributed by atoms with Crippen molar-refractivity contribution in [2.75, 3.05) is 18.4 Å². The maximum Gasteiger partial charge on any atom is 0.141 e. The fraction of sp³-hybridized carbons (Fsp3) is 0.400. The summed E-state index contributed by atoms with van der Waals surface area (Å²) >= 11 is 5.83. The van der Waals surface area contributed by atoms with Crippen molar-refractivity contribution in [2.45, 2.75) is 19.5 Å². The third-order valence-corrected chi connectivity index (χ3v) is 4.17. The molecule has 21 heavy (non-hydrogen) atoms. The minimum absolute atomic E-state index is 0.127. The van der Waals surface area contributed by atoms with E-state index in [-0.39, 0.29) is 16.9 Å². The van der Waals surface area contributed by atoms with E-state index < -0.39 is 0 Å². The Hall–Kier alpha value is -1.59. The van der Waals surface area contributed by atoms with Gasteiger partial charge in [-0.25, -0.2) is 9.07 Å². The van der Waals surface area contributed by atoms with E-state index in [9.17, 15) is 4.39 Å². The van der Waals surface area contributed by atoms with Crippen molar-refractivity contribution in [3.63, 3.8) is 0 Å². The van der Waals surface area contributed by atoms with Crippen LogP contribution in [0, 0.1) is 11.7 Å². The number of aromatic nitrogens is 2. The van der Waals surface area contributed by atoms with E-state index in [1.54, 1.807) is 18.3 Å². The zero-order chi connectivity index (χ0) is 14.8. The third kappa shape index (κ3) is 3.19. The van der Waals surface area contributed by atoms with E-state index in [4.69, 9.17) is 11.6 Å². The maximum atomic E-state index is 13.2. The number of fused-ring (bicyclic) bond motifs is 1. The van der Waals surface area contributed by atoms with Gasteiger partial charge >= 0.3 is 0 Å². The molecule has 1 aromatic heterocycles. The normalized spacial score (nSPS) is 18.9. The Balaban J connectivity index is 1.56. The minimum Gasteiger partial charge on any atom is -0.370 e. The van der Waals surface area contributed by atoms with Crippen molar-refractivity contribution in [1.29, 1.82) is 0 Å². The van der Waals surface area contributed by atoms with Gasteiger partial charge in [0.05, 0.1) is 11.2 Å². The molecule has 3 rings (SSSR count). The molecular weight excluding hydrogens is 291 g/mol. The van der Waals surface area contributed by atoms with Crippen molar-refractivity contribution in [3.05, 3.63) is 46.9 Å². The molecule has 0 amide bonds. The fourth-order valence-electron chi connectivity index (χ4n) is 2.57. The van der Waals surface area contributed by atoms with Gasteiger partial charge < -0.3 is 10.6 Å². The highest BCUT2D eigenvalue weighted by molar-refractivity contribution is 6.30. The summed E-state index contributed by atoms with van der Waals surface area (Å²) in [5.41, 5.74) is 0.991. The Kier molecular flexibility index (Phi) is 4.12. The van der Waals surface area contributed by atoms with Crippen molar-refractivity contribution in [3.8, 4) is 0 Å². The summed E-state index contributed by atoms with van der Waals surface area (Å²) in [6.07, 6.45) is 1.81. The lowest BCUT2D eigenvalue weighted by Gasteiger charge is -2.26. The summed E-state index contributed by atoms with van der Waals surface area (Å²) in [4.78, 5) is 0. The summed E-state index contributed by atoms with van der Waals surface area (Å²) in [6, 6.07) is 6.96. The van der Waals surface area contributed by atoms with E-state index in [2.05, 4.69) is 22.7 Å². The molecule has 0 fully saturated rings. The maximum absolute atomic E-state index is 13.2. The van der Waals surface area contributed by atoms with Crippen LogP contribution in [0.4, 0.5) is 10.2 Å². The number of rotatable bonds is 4. The smallest absolute Gasteiger partial charge is 0.141 e. The highest BCUT2D eigenvalue weighted by atomic mass is 35.5. The second kappa shape index (κ2) is 6.03. The lowest BCUT2D eigenvalue weighted by molar-refractivity contribution is 0.376. The largest absolute Gasteiger partial charge is 0.370 e. The highest BCUT2D eigenvalue weighted by Crippen LogP contribution is 2.21. The molecule has 2 aromatic rings. The van der Waals surface area contributed by atoms with Crippen LogP contribution in [0.3, 0.4) is 0 Å². The van der Waals surface area contributed by atoms with E-state index in [0.29, 0.717) is 5.92 Å². The Bertz CT molecular complexity index is 628. The number of halogens is 2. The fourth-order valence-corrected chi connectivity index (χ4v) is 2.76. The molecule has 1 aliphatic heterocycles. The number of anilines is 1. The molecule has 0 unspecified atom stereocenters. The van der Waals surface area contributed by atoms with Crippen molar-refractivity contribution >= 4 is 17.4 Å². The Morgan fingerprint density at radius 1 is 1.52 bits per heavy atom. The molecule has 0 saturated heterocycles. The lowest BCUT2D eigenvalue weighted by Crippen LogP contribution is -2.36. The second-order valence-corrected chi connectivity index (χ2v) is 5.86. The van der Waals surface area contributed by atoms with Crippen LogP contribution >= 0.6 is 11.6 Å². The highest BCUT2D eigenvalue weighted by Gasteiger charge is 2.19. The molecule has 0 aliphatic carbocycles. The molecular formula is C15H18ClFN4. The third-order valence-electron chi connectivity index (χ3n) is 3.88. The first-order valence-corrected chi connectivity index (χ1v) is 7.45. The average molecular weight is 309 g/mol. The van der Waals surface area contributed by atoms with Gasteiger partial charge in [-0.1, -0.05) is 17.7 Å². The number of hydrogen-bond acceptors (Lipinski definition) is 3. The van der Waals surface area contributed by atoms with Crippen molar-refractivity contribution in [1.82, 2.24) is 15.1 Å². The Labute approximate surface area is 128 Å². The number of nitrogens with one attached hydrogen (secondary N) is 2. The summed E-state index contributed by atoms with van der Waals surface area (Å²) in [6.45, 7) is 4.75. The first-order chi connectivity index (χ1) is 10.1. The van der Waals surface area contributed by atoms with Crippen LogP contribution in [0.2, 0.25) is 5.02 Å². The minimum atomic E-state index is -0.379. The summed E-state index contributed by atoms with van der Waals surface area (Å²) < 4.78 is 15.2. The standard InChI is InChI=1S/C15H18ClFN4/c1-10(12-2-3-14(17)13(16)6-12)18-7-11-8-19-15-4-5-20-21(15)9-11/h2-6,10-11,18-19H,7-9H2,1H3/t10-,11-/m1/s1. The molecule has 4 nitrogen and oxygen atoms in total. The first kappa shape index (κ1) is 14.4. The van der Waals surface area contributed by atoms with Gasteiger partial charge in [0.1, 0.15) is 11.6 Å². The van der Waals surface area contributed by atoms with Gasteiger partial charge in [0.25, 0.3) is 0 Å². The van der Waals surface area contributed by atoms with Crippen molar-refractivity contribution in [2.24, 2.45) is 5.92 Å². The van der Waals surface area contributed by atoms with Crippen LogP contribution in [0.15, 0.2) is 30.5 Å². The van der Waals surface area contributed by atoms with Gasteiger partial charge in [0, 0.05) is 37.7 Å². The predicted octanol–water partition coefficient (Wildman–Crippen LogP) is 3.07. The lowest BCUT2D eigenvalue weighted by atomic mass is 10.1. The Morgan fingerprint density at radius 3 is 3.19 bits per heavy atom. The van der Waals surface area contributed by atoms with Gasteiger partial charge in [-0.05, 0) is 24.6 Å². The molecule has 112 valence electrons. The van der Waals surface area contributed by atoms with Crippen LogP contribution in [0.25, 0.3) is 0 Å². The molecule has 0 bridgehead atoms.